The molecule has 1 atom stereocenters. The number of β-amino-alcohol motifs (C(OH)–C–C–N with tert-alkyl or cyclic N) is 1. The molecule has 0 saturated carbocycles. The van der Waals surface area contributed by atoms with E-state index >= 15 is 0 Å². The molecule has 2 aliphatic rings. The lowest BCUT2D eigenvalue weighted by Crippen LogP contribution is -2.55. The van der Waals surface area contributed by atoms with E-state index in [1.54, 1.807) is 16.2 Å². The molecule has 23 heavy (non-hydrogen) atoms. The summed E-state index contributed by atoms with van der Waals surface area (Å²) in [4.78, 5) is 29.6. The van der Waals surface area contributed by atoms with Crippen molar-refractivity contribution in [2.75, 3.05) is 32.8 Å². The molecule has 1 N–H and O–H groups in total. The molecule has 6 heteroatoms. The summed E-state index contributed by atoms with van der Waals surface area (Å²) in [5.74, 6) is 0.237. The Hall–Kier alpha value is -1.40. The van der Waals surface area contributed by atoms with Crippen LogP contribution < -0.4 is 0 Å². The van der Waals surface area contributed by atoms with Gasteiger partial charge in [0.1, 0.15) is 0 Å². The third-order valence-corrected chi connectivity index (χ3v) is 5.91. The molecule has 2 aliphatic heterocycles. The van der Waals surface area contributed by atoms with E-state index in [4.69, 9.17) is 5.11 Å². The number of carbonyl (C=O) groups is 2. The van der Waals surface area contributed by atoms with Crippen LogP contribution in [0.1, 0.15) is 40.9 Å². The average Bonchev–Trinajstić information content (AvgIpc) is 2.97. The molecule has 0 radical (unpaired) electrons. The average molecular weight is 336 g/mol. The lowest BCUT2D eigenvalue weighted by Gasteiger charge is -2.48. The van der Waals surface area contributed by atoms with Crippen molar-refractivity contribution in [3.05, 3.63) is 21.9 Å². The quantitative estimate of drug-likeness (QED) is 0.917. The molecule has 2 amide bonds. The molecule has 1 spiro atoms. The lowest BCUT2D eigenvalue weighted by molar-refractivity contribution is -0.139. The highest BCUT2D eigenvalue weighted by molar-refractivity contribution is 7.10. The Labute approximate surface area is 140 Å². The smallest absolute Gasteiger partial charge is 0.254 e. The number of rotatable bonds is 3. The Morgan fingerprint density at radius 3 is 2.91 bits per heavy atom. The SMILES string of the molecule is Cc1cc(C(=O)N2CCCC3(CCC(=O)N(CCO)C3)C2)cs1. The monoisotopic (exact) mass is 336 g/mol. The van der Waals surface area contributed by atoms with Gasteiger partial charge in [-0.1, -0.05) is 0 Å². The molecule has 2 saturated heterocycles. The van der Waals surface area contributed by atoms with Gasteiger partial charge in [-0.15, -0.1) is 11.3 Å². The molecule has 0 aromatic carbocycles. The van der Waals surface area contributed by atoms with Crippen LogP contribution in [0.2, 0.25) is 0 Å². The summed E-state index contributed by atoms with van der Waals surface area (Å²) >= 11 is 1.60. The van der Waals surface area contributed by atoms with E-state index < -0.39 is 0 Å². The fourth-order valence-corrected chi connectivity index (χ4v) is 4.56. The number of likely N-dealkylation sites (tertiary alicyclic amines) is 2. The van der Waals surface area contributed by atoms with Crippen molar-refractivity contribution in [1.29, 1.82) is 0 Å². The number of amides is 2. The maximum Gasteiger partial charge on any atom is 0.254 e. The fraction of sp³-hybridized carbons (Fsp3) is 0.647. The molecule has 1 aromatic heterocycles. The molecule has 0 bridgehead atoms. The molecule has 2 fully saturated rings. The number of carbonyl (C=O) groups excluding carboxylic acids is 2. The van der Waals surface area contributed by atoms with Gasteiger partial charge in [-0.2, -0.15) is 0 Å². The largest absolute Gasteiger partial charge is 0.395 e. The van der Waals surface area contributed by atoms with Crippen molar-refractivity contribution in [1.82, 2.24) is 9.80 Å². The van der Waals surface area contributed by atoms with Crippen molar-refractivity contribution >= 4 is 23.2 Å². The van der Waals surface area contributed by atoms with Crippen LogP contribution in [-0.4, -0.2) is 59.5 Å². The normalized spacial score (nSPS) is 25.2. The Morgan fingerprint density at radius 1 is 1.39 bits per heavy atom. The third kappa shape index (κ3) is 3.43. The molecule has 1 aromatic rings. The molecular weight excluding hydrogens is 312 g/mol. The summed E-state index contributed by atoms with van der Waals surface area (Å²) in [6.07, 6.45) is 3.41. The van der Waals surface area contributed by atoms with Crippen LogP contribution in [-0.2, 0) is 4.79 Å². The van der Waals surface area contributed by atoms with E-state index in [0.717, 1.165) is 42.8 Å². The number of aliphatic hydroxyl groups excluding tert-OH is 1. The highest BCUT2D eigenvalue weighted by Gasteiger charge is 2.42. The minimum atomic E-state index is -0.00134. The topological polar surface area (TPSA) is 60.9 Å². The molecule has 5 nitrogen and oxygen atoms in total. The zero-order valence-electron chi connectivity index (χ0n) is 13.6. The van der Waals surface area contributed by atoms with E-state index in [-0.39, 0.29) is 23.8 Å². The first-order valence-electron chi connectivity index (χ1n) is 8.26. The Bertz CT molecular complexity index is 600. The van der Waals surface area contributed by atoms with E-state index in [1.807, 2.05) is 23.3 Å². The Balaban J connectivity index is 1.72. The summed E-state index contributed by atoms with van der Waals surface area (Å²) in [6, 6.07) is 1.96. The number of hydrogen-bond donors (Lipinski definition) is 1. The van der Waals surface area contributed by atoms with Gasteiger partial charge in [0.15, 0.2) is 0 Å². The number of piperidine rings is 2. The van der Waals surface area contributed by atoms with Crippen molar-refractivity contribution in [2.45, 2.75) is 32.6 Å². The second-order valence-corrected chi connectivity index (χ2v) is 7.93. The second-order valence-electron chi connectivity index (χ2n) is 6.82. The Kier molecular flexibility index (Phi) is 4.73. The summed E-state index contributed by atoms with van der Waals surface area (Å²) in [7, 11) is 0. The van der Waals surface area contributed by atoms with Gasteiger partial charge >= 0.3 is 0 Å². The number of hydrogen-bond acceptors (Lipinski definition) is 4. The van der Waals surface area contributed by atoms with E-state index in [1.165, 1.54) is 0 Å². The van der Waals surface area contributed by atoms with Crippen LogP contribution in [0.25, 0.3) is 0 Å². The van der Waals surface area contributed by atoms with Crippen LogP contribution in [0.15, 0.2) is 11.4 Å². The standard InChI is InChI=1S/C17H24N2O3S/c1-13-9-14(10-23-13)16(22)19-6-2-4-17(12-19)5-3-15(21)18(11-17)7-8-20/h9-10,20H,2-8,11-12H2,1H3. The van der Waals surface area contributed by atoms with Gasteiger partial charge in [0, 0.05) is 48.3 Å². The highest BCUT2D eigenvalue weighted by atomic mass is 32.1. The van der Waals surface area contributed by atoms with Crippen molar-refractivity contribution in [2.24, 2.45) is 5.41 Å². The molecule has 126 valence electrons. The summed E-state index contributed by atoms with van der Waals surface area (Å²) in [6.45, 7) is 4.59. The van der Waals surface area contributed by atoms with Gasteiger partial charge in [0.05, 0.1) is 12.2 Å². The fourth-order valence-electron chi connectivity index (χ4n) is 3.88. The third-order valence-electron chi connectivity index (χ3n) is 5.04. The van der Waals surface area contributed by atoms with Crippen LogP contribution in [0.4, 0.5) is 0 Å². The molecule has 1 unspecified atom stereocenters. The van der Waals surface area contributed by atoms with Crippen LogP contribution >= 0.6 is 11.3 Å². The first-order chi connectivity index (χ1) is 11.0. The first-order valence-corrected chi connectivity index (χ1v) is 9.14. The van der Waals surface area contributed by atoms with Gasteiger partial charge in [0.25, 0.3) is 5.91 Å². The van der Waals surface area contributed by atoms with Crippen LogP contribution in [0, 0.1) is 12.3 Å². The van der Waals surface area contributed by atoms with Crippen molar-refractivity contribution < 1.29 is 14.7 Å². The Morgan fingerprint density at radius 2 is 2.22 bits per heavy atom. The highest BCUT2D eigenvalue weighted by Crippen LogP contribution is 2.39. The van der Waals surface area contributed by atoms with Crippen molar-refractivity contribution in [3.63, 3.8) is 0 Å². The van der Waals surface area contributed by atoms with Crippen molar-refractivity contribution in [3.8, 4) is 0 Å². The minimum Gasteiger partial charge on any atom is -0.395 e. The van der Waals surface area contributed by atoms with E-state index in [9.17, 15) is 9.59 Å². The zero-order chi connectivity index (χ0) is 16.4. The van der Waals surface area contributed by atoms with Crippen LogP contribution in [0.5, 0.6) is 0 Å². The van der Waals surface area contributed by atoms with Gasteiger partial charge in [0.2, 0.25) is 5.91 Å². The molecule has 3 rings (SSSR count). The lowest BCUT2D eigenvalue weighted by atomic mass is 9.73. The number of aryl methyl sites for hydroxylation is 1. The van der Waals surface area contributed by atoms with E-state index in [0.29, 0.717) is 19.5 Å². The van der Waals surface area contributed by atoms with Gasteiger partial charge in [-0.05, 0) is 32.3 Å². The first kappa shape index (κ1) is 16.5. The predicted octanol–water partition coefficient (Wildman–Crippen LogP) is 1.89. The maximum absolute atomic E-state index is 12.7. The van der Waals surface area contributed by atoms with Gasteiger partial charge in [-0.3, -0.25) is 9.59 Å². The predicted molar refractivity (Wildman–Crippen MR) is 89.5 cm³/mol. The second kappa shape index (κ2) is 6.61. The maximum atomic E-state index is 12.7. The summed E-state index contributed by atoms with van der Waals surface area (Å²) < 4.78 is 0. The number of nitrogens with zero attached hydrogens (tertiary/aromatic N) is 2. The minimum absolute atomic E-state index is 0.00134. The number of aliphatic hydroxyl groups is 1. The number of thiophene rings is 1. The van der Waals surface area contributed by atoms with E-state index in [2.05, 4.69) is 0 Å². The summed E-state index contributed by atoms with van der Waals surface area (Å²) in [5, 5.41) is 11.1. The van der Waals surface area contributed by atoms with Gasteiger partial charge < -0.3 is 14.9 Å². The van der Waals surface area contributed by atoms with Crippen LogP contribution in [0.3, 0.4) is 0 Å². The summed E-state index contributed by atoms with van der Waals surface area (Å²) in [5.41, 5.74) is 0.783. The molecule has 0 aliphatic carbocycles. The molecular formula is C17H24N2O3S. The zero-order valence-corrected chi connectivity index (χ0v) is 14.4. The van der Waals surface area contributed by atoms with Gasteiger partial charge in [-0.25, -0.2) is 0 Å². The molecule has 3 heterocycles.